The molecule has 0 saturated heterocycles. The van der Waals surface area contributed by atoms with Crippen LogP contribution in [0.3, 0.4) is 0 Å². The number of hydrogen-bond donors (Lipinski definition) is 1. The smallest absolute Gasteiger partial charge is 0.323 e. The van der Waals surface area contributed by atoms with Crippen molar-refractivity contribution in [2.45, 2.75) is 77.3 Å². The number of likely N-dealkylation sites (N-methyl/N-ethyl adjacent to an activating group) is 1. The molecule has 0 aromatic rings. The normalized spacial score (nSPS) is 20.0. The van der Waals surface area contributed by atoms with Crippen molar-refractivity contribution in [1.29, 1.82) is 0 Å². The maximum Gasteiger partial charge on any atom is 0.323 e. The largest absolute Gasteiger partial charge is 0.480 e. The van der Waals surface area contributed by atoms with E-state index in [9.17, 15) is 9.90 Å². The summed E-state index contributed by atoms with van der Waals surface area (Å²) < 4.78 is 0. The van der Waals surface area contributed by atoms with Crippen LogP contribution in [0.1, 0.15) is 65.7 Å². The van der Waals surface area contributed by atoms with Crippen molar-refractivity contribution in [3.8, 4) is 0 Å². The van der Waals surface area contributed by atoms with Crippen molar-refractivity contribution in [2.75, 3.05) is 6.54 Å². The van der Waals surface area contributed by atoms with Gasteiger partial charge in [-0.1, -0.05) is 39.0 Å². The molecule has 3 heteroatoms. The third kappa shape index (κ3) is 3.70. The Labute approximate surface area is 105 Å². The second kappa shape index (κ2) is 6.39. The van der Waals surface area contributed by atoms with Crippen LogP contribution >= 0.6 is 0 Å². The standard InChI is InChI=1S/C14H27NO2/c1-4-15(14(2,3)13(16)17)12-10-8-6-5-7-9-11-12/h12H,4-11H2,1-3H3,(H,16,17). The number of hydrogen-bond acceptors (Lipinski definition) is 2. The molecule has 0 aliphatic heterocycles. The van der Waals surface area contributed by atoms with Gasteiger partial charge >= 0.3 is 5.97 Å². The third-order valence-corrected chi connectivity index (χ3v) is 4.10. The van der Waals surface area contributed by atoms with Crippen molar-refractivity contribution in [1.82, 2.24) is 4.90 Å². The summed E-state index contributed by atoms with van der Waals surface area (Å²) in [5.74, 6) is -0.707. The van der Waals surface area contributed by atoms with Crippen LogP contribution in [0.4, 0.5) is 0 Å². The Balaban J connectivity index is 2.73. The van der Waals surface area contributed by atoms with Crippen molar-refractivity contribution in [3.05, 3.63) is 0 Å². The predicted octanol–water partition coefficient (Wildman–Crippen LogP) is 3.28. The van der Waals surface area contributed by atoms with E-state index in [1.807, 2.05) is 13.8 Å². The van der Waals surface area contributed by atoms with E-state index in [0.29, 0.717) is 6.04 Å². The summed E-state index contributed by atoms with van der Waals surface area (Å²) in [7, 11) is 0. The van der Waals surface area contributed by atoms with Crippen molar-refractivity contribution in [3.63, 3.8) is 0 Å². The lowest BCUT2D eigenvalue weighted by Gasteiger charge is -2.41. The van der Waals surface area contributed by atoms with E-state index in [2.05, 4.69) is 11.8 Å². The molecule has 1 saturated carbocycles. The Bertz CT molecular complexity index is 243. The molecule has 0 amide bonds. The molecule has 0 unspecified atom stereocenters. The Morgan fingerprint density at radius 1 is 1.18 bits per heavy atom. The summed E-state index contributed by atoms with van der Waals surface area (Å²) in [6.45, 7) is 6.56. The number of carbonyl (C=O) groups is 1. The lowest BCUT2D eigenvalue weighted by atomic mass is 9.91. The quantitative estimate of drug-likeness (QED) is 0.821. The molecule has 0 aromatic heterocycles. The van der Waals surface area contributed by atoms with Gasteiger partial charge in [0, 0.05) is 6.04 Å². The van der Waals surface area contributed by atoms with Gasteiger partial charge in [0.15, 0.2) is 0 Å². The minimum atomic E-state index is -0.737. The highest BCUT2D eigenvalue weighted by molar-refractivity contribution is 5.77. The molecule has 0 radical (unpaired) electrons. The van der Waals surface area contributed by atoms with Gasteiger partial charge in [-0.25, -0.2) is 0 Å². The Kier molecular flexibility index (Phi) is 5.44. The molecule has 0 bridgehead atoms. The minimum absolute atomic E-state index is 0.450. The third-order valence-electron chi connectivity index (χ3n) is 4.10. The van der Waals surface area contributed by atoms with E-state index in [-0.39, 0.29) is 0 Å². The summed E-state index contributed by atoms with van der Waals surface area (Å²) in [4.78, 5) is 13.6. The first-order chi connectivity index (χ1) is 8.00. The molecule has 0 aromatic carbocycles. The molecule has 3 nitrogen and oxygen atoms in total. The number of nitrogens with zero attached hydrogens (tertiary/aromatic N) is 1. The number of rotatable bonds is 4. The molecule has 1 rings (SSSR count). The Morgan fingerprint density at radius 2 is 1.65 bits per heavy atom. The Hall–Kier alpha value is -0.570. The molecule has 0 heterocycles. The van der Waals surface area contributed by atoms with Crippen LogP contribution in [0.15, 0.2) is 0 Å². The average Bonchev–Trinajstić information content (AvgIpc) is 2.21. The topological polar surface area (TPSA) is 40.5 Å². The summed E-state index contributed by atoms with van der Waals surface area (Å²) in [5.41, 5.74) is -0.737. The molecule has 1 fully saturated rings. The minimum Gasteiger partial charge on any atom is -0.480 e. The highest BCUT2D eigenvalue weighted by atomic mass is 16.4. The average molecular weight is 241 g/mol. The maximum atomic E-state index is 11.4. The summed E-state index contributed by atoms with van der Waals surface area (Å²) >= 11 is 0. The lowest BCUT2D eigenvalue weighted by molar-refractivity contribution is -0.151. The monoisotopic (exact) mass is 241 g/mol. The second-order valence-corrected chi connectivity index (χ2v) is 5.65. The highest BCUT2D eigenvalue weighted by Gasteiger charge is 2.37. The van der Waals surface area contributed by atoms with Crippen molar-refractivity contribution in [2.24, 2.45) is 0 Å². The van der Waals surface area contributed by atoms with Crippen LogP contribution in [0, 0.1) is 0 Å². The van der Waals surface area contributed by atoms with E-state index in [4.69, 9.17) is 0 Å². The molecular weight excluding hydrogens is 214 g/mol. The fraction of sp³-hybridized carbons (Fsp3) is 0.929. The van der Waals surface area contributed by atoms with Gasteiger partial charge in [0.25, 0.3) is 0 Å². The zero-order valence-electron chi connectivity index (χ0n) is 11.5. The first-order valence-electron chi connectivity index (χ1n) is 7.00. The molecule has 0 spiro atoms. The zero-order valence-corrected chi connectivity index (χ0v) is 11.5. The molecule has 0 atom stereocenters. The summed E-state index contributed by atoms with van der Waals surface area (Å²) in [6, 6.07) is 0.450. The molecule has 1 aliphatic rings. The van der Waals surface area contributed by atoms with Crippen LogP contribution < -0.4 is 0 Å². The fourth-order valence-corrected chi connectivity index (χ4v) is 2.98. The SMILES string of the molecule is CCN(C1CCCCCCC1)C(C)(C)C(=O)O. The van der Waals surface area contributed by atoms with Gasteiger partial charge in [-0.3, -0.25) is 9.69 Å². The number of aliphatic carboxylic acids is 1. The van der Waals surface area contributed by atoms with E-state index in [1.165, 1.54) is 32.1 Å². The van der Waals surface area contributed by atoms with Gasteiger partial charge < -0.3 is 5.11 Å². The predicted molar refractivity (Wildman–Crippen MR) is 70.2 cm³/mol. The van der Waals surface area contributed by atoms with Crippen LogP contribution in [0.5, 0.6) is 0 Å². The van der Waals surface area contributed by atoms with Crippen LogP contribution in [0.2, 0.25) is 0 Å². The van der Waals surface area contributed by atoms with Crippen molar-refractivity contribution < 1.29 is 9.90 Å². The van der Waals surface area contributed by atoms with Gasteiger partial charge in [-0.2, -0.15) is 0 Å². The van der Waals surface area contributed by atoms with Crippen LogP contribution in [-0.2, 0) is 4.79 Å². The maximum absolute atomic E-state index is 11.4. The van der Waals surface area contributed by atoms with Crippen LogP contribution in [0.25, 0.3) is 0 Å². The van der Waals surface area contributed by atoms with E-state index in [0.717, 1.165) is 19.4 Å². The highest BCUT2D eigenvalue weighted by Crippen LogP contribution is 2.27. The lowest BCUT2D eigenvalue weighted by Crippen LogP contribution is -2.54. The van der Waals surface area contributed by atoms with Gasteiger partial charge in [0.05, 0.1) is 0 Å². The first-order valence-corrected chi connectivity index (χ1v) is 7.00. The first kappa shape index (κ1) is 14.5. The van der Waals surface area contributed by atoms with Gasteiger partial charge in [0.2, 0.25) is 0 Å². The number of carboxylic acid groups (broad SMARTS) is 1. The molecule has 1 aliphatic carbocycles. The van der Waals surface area contributed by atoms with E-state index >= 15 is 0 Å². The van der Waals surface area contributed by atoms with Crippen molar-refractivity contribution >= 4 is 5.97 Å². The number of carboxylic acids is 1. The summed E-state index contributed by atoms with van der Waals surface area (Å²) in [5, 5.41) is 9.36. The van der Waals surface area contributed by atoms with Gasteiger partial charge in [-0.15, -0.1) is 0 Å². The van der Waals surface area contributed by atoms with Gasteiger partial charge in [0.1, 0.15) is 5.54 Å². The van der Waals surface area contributed by atoms with Crippen LogP contribution in [-0.4, -0.2) is 34.1 Å². The Morgan fingerprint density at radius 3 is 2.06 bits per heavy atom. The molecule has 1 N–H and O–H groups in total. The van der Waals surface area contributed by atoms with E-state index in [1.54, 1.807) is 0 Å². The van der Waals surface area contributed by atoms with E-state index < -0.39 is 11.5 Å². The summed E-state index contributed by atoms with van der Waals surface area (Å²) in [6.07, 6.45) is 8.77. The fourth-order valence-electron chi connectivity index (χ4n) is 2.98. The van der Waals surface area contributed by atoms with Gasteiger partial charge in [-0.05, 0) is 33.2 Å². The second-order valence-electron chi connectivity index (χ2n) is 5.65. The zero-order chi connectivity index (χ0) is 12.9. The molecular formula is C14H27NO2. The molecule has 100 valence electrons. The molecule has 17 heavy (non-hydrogen) atoms.